The highest BCUT2D eigenvalue weighted by molar-refractivity contribution is 6.31. The number of carbonyl (C=O) groups is 2. The maximum atomic E-state index is 12.3. The number of carbonyl (C=O) groups excluding carboxylic acids is 2. The number of hydrogen-bond donors (Lipinski definition) is 2. The Morgan fingerprint density at radius 1 is 1.04 bits per heavy atom. The van der Waals surface area contributed by atoms with Crippen LogP contribution in [-0.2, 0) is 9.59 Å². The van der Waals surface area contributed by atoms with Crippen molar-refractivity contribution < 1.29 is 14.3 Å². The lowest BCUT2D eigenvalue weighted by Crippen LogP contribution is -2.20. The molecule has 5 nitrogen and oxygen atoms in total. The molecule has 1 fully saturated rings. The first kappa shape index (κ1) is 16.3. The molecule has 0 aliphatic heterocycles. The summed E-state index contributed by atoms with van der Waals surface area (Å²) in [5, 5.41) is 6.10. The Hall–Kier alpha value is -2.53. The molecule has 1 aliphatic carbocycles. The minimum Gasteiger partial charge on any atom is -0.495 e. The van der Waals surface area contributed by atoms with Crippen molar-refractivity contribution in [1.82, 2.24) is 0 Å². The van der Waals surface area contributed by atoms with Crippen molar-refractivity contribution in [2.75, 3.05) is 17.7 Å². The van der Waals surface area contributed by atoms with Crippen molar-refractivity contribution >= 4 is 34.8 Å². The molecule has 2 amide bonds. The lowest BCUT2D eigenvalue weighted by molar-refractivity contribution is -0.122. The molecule has 2 atom stereocenters. The van der Waals surface area contributed by atoms with E-state index in [9.17, 15) is 9.59 Å². The fraction of sp³-hybridized carbons (Fsp3) is 0.222. The van der Waals surface area contributed by atoms with Crippen LogP contribution >= 0.6 is 11.6 Å². The number of halogens is 1. The zero-order valence-electron chi connectivity index (χ0n) is 13.1. The Morgan fingerprint density at radius 3 is 2.38 bits per heavy atom. The van der Waals surface area contributed by atoms with E-state index in [0.29, 0.717) is 22.9 Å². The summed E-state index contributed by atoms with van der Waals surface area (Å²) in [6.45, 7) is 0. The molecule has 0 heterocycles. The van der Waals surface area contributed by atoms with Crippen LogP contribution in [0.15, 0.2) is 48.5 Å². The third kappa shape index (κ3) is 3.68. The minimum atomic E-state index is -0.336. The number of para-hydroxylation sites is 1. The molecule has 2 unspecified atom stereocenters. The third-order valence-corrected chi connectivity index (χ3v) is 4.16. The van der Waals surface area contributed by atoms with Gasteiger partial charge < -0.3 is 15.4 Å². The second-order valence-electron chi connectivity index (χ2n) is 5.64. The van der Waals surface area contributed by atoms with Gasteiger partial charge in [-0.15, -0.1) is 0 Å². The van der Waals surface area contributed by atoms with Gasteiger partial charge in [-0.2, -0.15) is 0 Å². The second kappa shape index (κ2) is 6.93. The van der Waals surface area contributed by atoms with E-state index in [1.807, 2.05) is 30.3 Å². The zero-order chi connectivity index (χ0) is 17.1. The van der Waals surface area contributed by atoms with Crippen LogP contribution in [0.2, 0.25) is 5.02 Å². The smallest absolute Gasteiger partial charge is 0.228 e. The molecule has 3 rings (SSSR count). The van der Waals surface area contributed by atoms with Crippen LogP contribution in [0.3, 0.4) is 0 Å². The van der Waals surface area contributed by atoms with E-state index in [2.05, 4.69) is 10.6 Å². The molecular formula is C18H17ClN2O3. The summed E-state index contributed by atoms with van der Waals surface area (Å²) >= 11 is 5.95. The molecule has 0 saturated heterocycles. The van der Waals surface area contributed by atoms with Gasteiger partial charge in [-0.3, -0.25) is 9.59 Å². The fourth-order valence-electron chi connectivity index (χ4n) is 2.53. The highest BCUT2D eigenvalue weighted by atomic mass is 35.5. The van der Waals surface area contributed by atoms with Crippen molar-refractivity contribution in [2.24, 2.45) is 11.8 Å². The molecule has 124 valence electrons. The third-order valence-electron chi connectivity index (χ3n) is 3.92. The summed E-state index contributed by atoms with van der Waals surface area (Å²) in [4.78, 5) is 24.5. The first-order valence-corrected chi connectivity index (χ1v) is 7.96. The quantitative estimate of drug-likeness (QED) is 0.871. The van der Waals surface area contributed by atoms with Crippen molar-refractivity contribution in [2.45, 2.75) is 6.42 Å². The Morgan fingerprint density at radius 2 is 1.71 bits per heavy atom. The highest BCUT2D eigenvalue weighted by Gasteiger charge is 2.48. The molecule has 1 aliphatic rings. The van der Waals surface area contributed by atoms with Gasteiger partial charge in [0.25, 0.3) is 0 Å². The predicted octanol–water partition coefficient (Wildman–Crippen LogP) is 3.56. The van der Waals surface area contributed by atoms with Crippen molar-refractivity contribution in [3.63, 3.8) is 0 Å². The van der Waals surface area contributed by atoms with E-state index in [1.165, 1.54) is 7.11 Å². The summed E-state index contributed by atoms with van der Waals surface area (Å²) in [6.07, 6.45) is 0.535. The molecule has 1 saturated carbocycles. The number of rotatable bonds is 5. The molecule has 0 radical (unpaired) electrons. The average molecular weight is 345 g/mol. The first-order valence-electron chi connectivity index (χ1n) is 7.59. The number of methoxy groups -OCH3 is 1. The summed E-state index contributed by atoms with van der Waals surface area (Å²) in [5.41, 5.74) is 1.23. The van der Waals surface area contributed by atoms with E-state index in [-0.39, 0.29) is 23.7 Å². The van der Waals surface area contributed by atoms with Crippen molar-refractivity contribution in [3.05, 3.63) is 53.6 Å². The van der Waals surface area contributed by atoms with Gasteiger partial charge in [-0.05, 0) is 36.8 Å². The van der Waals surface area contributed by atoms with Crippen LogP contribution in [0, 0.1) is 11.8 Å². The lowest BCUT2D eigenvalue weighted by Gasteiger charge is -2.10. The van der Waals surface area contributed by atoms with Crippen LogP contribution in [0.1, 0.15) is 6.42 Å². The van der Waals surface area contributed by atoms with Gasteiger partial charge in [0.2, 0.25) is 11.8 Å². The average Bonchev–Trinajstić information content (AvgIpc) is 3.37. The molecule has 2 aromatic carbocycles. The van der Waals surface area contributed by atoms with Gasteiger partial charge in [-0.1, -0.05) is 29.8 Å². The standard InChI is InChI=1S/C18H17ClN2O3/c1-24-16-8-7-11(19)9-15(16)21-18(23)14-10-13(14)17(22)20-12-5-3-2-4-6-12/h2-9,13-14H,10H2,1H3,(H,20,22)(H,21,23). The Balaban J connectivity index is 1.60. The fourth-order valence-corrected chi connectivity index (χ4v) is 2.71. The van der Waals surface area contributed by atoms with E-state index >= 15 is 0 Å². The highest BCUT2D eigenvalue weighted by Crippen LogP contribution is 2.41. The number of anilines is 2. The predicted molar refractivity (Wildman–Crippen MR) is 93.3 cm³/mol. The SMILES string of the molecule is COc1ccc(Cl)cc1NC(=O)C1CC1C(=O)Nc1ccccc1. The number of nitrogens with one attached hydrogen (secondary N) is 2. The topological polar surface area (TPSA) is 67.4 Å². The second-order valence-corrected chi connectivity index (χ2v) is 6.07. The summed E-state index contributed by atoms with van der Waals surface area (Å²) in [6, 6.07) is 14.2. The summed E-state index contributed by atoms with van der Waals surface area (Å²) in [7, 11) is 1.52. The van der Waals surface area contributed by atoms with Crippen molar-refractivity contribution in [3.8, 4) is 5.75 Å². The molecule has 0 bridgehead atoms. The van der Waals surface area contributed by atoms with Gasteiger partial charge in [0.05, 0.1) is 24.6 Å². The zero-order valence-corrected chi connectivity index (χ0v) is 13.8. The number of benzene rings is 2. The van der Waals surface area contributed by atoms with Crippen LogP contribution in [0.4, 0.5) is 11.4 Å². The number of ether oxygens (including phenoxy) is 1. The maximum Gasteiger partial charge on any atom is 0.228 e. The number of amides is 2. The monoisotopic (exact) mass is 344 g/mol. The van der Waals surface area contributed by atoms with Crippen LogP contribution < -0.4 is 15.4 Å². The summed E-state index contributed by atoms with van der Waals surface area (Å²) in [5.74, 6) is -0.463. The Labute approximate surface area is 145 Å². The Bertz CT molecular complexity index is 764. The van der Waals surface area contributed by atoms with Gasteiger partial charge in [-0.25, -0.2) is 0 Å². The molecule has 24 heavy (non-hydrogen) atoms. The summed E-state index contributed by atoms with van der Waals surface area (Å²) < 4.78 is 5.20. The normalized spacial score (nSPS) is 18.6. The van der Waals surface area contributed by atoms with E-state index in [0.717, 1.165) is 5.69 Å². The van der Waals surface area contributed by atoms with Gasteiger partial charge >= 0.3 is 0 Å². The molecule has 0 spiro atoms. The largest absolute Gasteiger partial charge is 0.495 e. The molecule has 6 heteroatoms. The molecule has 0 aromatic heterocycles. The van der Waals surface area contributed by atoms with E-state index in [4.69, 9.17) is 16.3 Å². The first-order chi connectivity index (χ1) is 11.6. The van der Waals surface area contributed by atoms with Gasteiger partial charge in [0.1, 0.15) is 5.75 Å². The minimum absolute atomic E-state index is 0.139. The van der Waals surface area contributed by atoms with Gasteiger partial charge in [0, 0.05) is 10.7 Å². The van der Waals surface area contributed by atoms with Crippen molar-refractivity contribution in [1.29, 1.82) is 0 Å². The van der Waals surface area contributed by atoms with Crippen LogP contribution in [-0.4, -0.2) is 18.9 Å². The molecule has 2 aromatic rings. The maximum absolute atomic E-state index is 12.3. The van der Waals surface area contributed by atoms with Crippen LogP contribution in [0.5, 0.6) is 5.75 Å². The Kier molecular flexibility index (Phi) is 4.71. The molecular weight excluding hydrogens is 328 g/mol. The van der Waals surface area contributed by atoms with E-state index in [1.54, 1.807) is 18.2 Å². The van der Waals surface area contributed by atoms with E-state index < -0.39 is 0 Å². The van der Waals surface area contributed by atoms with Gasteiger partial charge in [0.15, 0.2) is 0 Å². The molecule has 2 N–H and O–H groups in total. The number of hydrogen-bond acceptors (Lipinski definition) is 3. The lowest BCUT2D eigenvalue weighted by atomic mass is 10.2. The van der Waals surface area contributed by atoms with Crippen LogP contribution in [0.25, 0.3) is 0 Å².